The van der Waals surface area contributed by atoms with Crippen molar-refractivity contribution in [3.05, 3.63) is 58.6 Å². The van der Waals surface area contributed by atoms with E-state index in [2.05, 4.69) is 19.2 Å². The van der Waals surface area contributed by atoms with Crippen molar-refractivity contribution in [2.75, 3.05) is 0 Å². The van der Waals surface area contributed by atoms with Crippen LogP contribution in [0.1, 0.15) is 63.6 Å². The molecule has 3 rings (SSSR count). The molecule has 1 aliphatic heterocycles. The third-order valence-corrected chi connectivity index (χ3v) is 6.30. The first kappa shape index (κ1) is 21.5. The zero-order valence-electron chi connectivity index (χ0n) is 17.6. The molecule has 0 bridgehead atoms. The Hall–Kier alpha value is -2.20. The van der Waals surface area contributed by atoms with Crippen LogP contribution in [0.15, 0.2) is 42.5 Å². The summed E-state index contributed by atoms with van der Waals surface area (Å²) in [6.07, 6.45) is 2.54. The lowest BCUT2D eigenvalue weighted by molar-refractivity contribution is -0.129. The standard InChI is InChI=1S/C24H30ClNO3/c1-5-21(28-17-12-13-19(25)16(4)14-17)23(27)26-20-15-24(6-2,7-3)29-22-11-9-8-10-18(20)22/h8-14,20-21H,5-7,15H2,1-4H3,(H,26,27)/t20-,21+/m0/s1. The largest absolute Gasteiger partial charge is 0.487 e. The molecule has 0 unspecified atom stereocenters. The van der Waals surface area contributed by atoms with Crippen molar-refractivity contribution < 1.29 is 14.3 Å². The van der Waals surface area contributed by atoms with E-state index in [1.54, 1.807) is 12.1 Å². The van der Waals surface area contributed by atoms with E-state index in [-0.39, 0.29) is 17.6 Å². The van der Waals surface area contributed by atoms with Crippen molar-refractivity contribution >= 4 is 17.5 Å². The Labute approximate surface area is 178 Å². The number of hydrogen-bond acceptors (Lipinski definition) is 3. The second-order valence-corrected chi connectivity index (χ2v) is 8.13. The van der Waals surface area contributed by atoms with Gasteiger partial charge in [0.1, 0.15) is 17.1 Å². The second kappa shape index (κ2) is 9.08. The third-order valence-electron chi connectivity index (χ3n) is 5.87. The van der Waals surface area contributed by atoms with E-state index in [0.717, 1.165) is 36.1 Å². The van der Waals surface area contributed by atoms with Gasteiger partial charge in [0.05, 0.1) is 6.04 Å². The Kier molecular flexibility index (Phi) is 6.74. The molecule has 0 saturated heterocycles. The average molecular weight is 416 g/mol. The number of fused-ring (bicyclic) bond motifs is 1. The molecule has 1 heterocycles. The lowest BCUT2D eigenvalue weighted by atomic mass is 9.83. The summed E-state index contributed by atoms with van der Waals surface area (Å²) in [5.41, 5.74) is 1.69. The van der Waals surface area contributed by atoms with Crippen LogP contribution < -0.4 is 14.8 Å². The number of benzene rings is 2. The summed E-state index contributed by atoms with van der Waals surface area (Å²) in [6.45, 7) is 8.14. The molecular weight excluding hydrogens is 386 g/mol. The highest BCUT2D eigenvalue weighted by molar-refractivity contribution is 6.31. The Balaban J connectivity index is 1.79. The number of aryl methyl sites for hydroxylation is 1. The predicted molar refractivity (Wildman–Crippen MR) is 117 cm³/mol. The van der Waals surface area contributed by atoms with Crippen molar-refractivity contribution in [2.24, 2.45) is 0 Å². The highest BCUT2D eigenvalue weighted by Crippen LogP contribution is 2.42. The number of amides is 1. The molecular formula is C24H30ClNO3. The SMILES string of the molecule is CC[C@@H](Oc1ccc(Cl)c(C)c1)C(=O)N[C@H]1CC(CC)(CC)Oc2ccccc21. The molecule has 0 aliphatic carbocycles. The van der Waals surface area contributed by atoms with Gasteiger partial charge in [-0.15, -0.1) is 0 Å². The number of nitrogens with one attached hydrogen (secondary N) is 1. The maximum Gasteiger partial charge on any atom is 0.261 e. The van der Waals surface area contributed by atoms with Gasteiger partial charge in [-0.05, 0) is 56.0 Å². The first-order chi connectivity index (χ1) is 13.9. The zero-order valence-corrected chi connectivity index (χ0v) is 18.4. The summed E-state index contributed by atoms with van der Waals surface area (Å²) < 4.78 is 12.3. The number of halogens is 1. The Morgan fingerprint density at radius 2 is 1.97 bits per heavy atom. The van der Waals surface area contributed by atoms with Gasteiger partial charge in [0.2, 0.25) is 0 Å². The highest BCUT2D eigenvalue weighted by atomic mass is 35.5. The Bertz CT molecular complexity index is 863. The molecule has 2 atom stereocenters. The summed E-state index contributed by atoms with van der Waals surface area (Å²) in [4.78, 5) is 13.1. The predicted octanol–water partition coefficient (Wildman–Crippen LogP) is 6.00. The van der Waals surface area contributed by atoms with Crippen molar-refractivity contribution in [3.63, 3.8) is 0 Å². The van der Waals surface area contributed by atoms with Crippen molar-refractivity contribution in [2.45, 2.75) is 71.1 Å². The van der Waals surface area contributed by atoms with E-state index < -0.39 is 6.10 Å². The van der Waals surface area contributed by atoms with Crippen LogP contribution >= 0.6 is 11.6 Å². The van der Waals surface area contributed by atoms with Crippen molar-refractivity contribution in [1.82, 2.24) is 5.32 Å². The normalized spacial score (nSPS) is 18.3. The topological polar surface area (TPSA) is 47.6 Å². The van der Waals surface area contributed by atoms with E-state index in [4.69, 9.17) is 21.1 Å². The Morgan fingerprint density at radius 3 is 2.62 bits per heavy atom. The molecule has 0 saturated carbocycles. The van der Waals surface area contributed by atoms with Gasteiger partial charge in [-0.1, -0.05) is 50.6 Å². The molecule has 156 valence electrons. The molecule has 1 N–H and O–H groups in total. The lowest BCUT2D eigenvalue weighted by Gasteiger charge is -2.42. The monoisotopic (exact) mass is 415 g/mol. The molecule has 2 aromatic rings. The van der Waals surface area contributed by atoms with Crippen LogP contribution in [-0.4, -0.2) is 17.6 Å². The summed E-state index contributed by atoms with van der Waals surface area (Å²) >= 11 is 6.10. The van der Waals surface area contributed by atoms with E-state index >= 15 is 0 Å². The fourth-order valence-electron chi connectivity index (χ4n) is 3.87. The molecule has 0 aromatic heterocycles. The second-order valence-electron chi connectivity index (χ2n) is 7.72. The van der Waals surface area contributed by atoms with Crippen LogP contribution in [0.2, 0.25) is 5.02 Å². The highest BCUT2D eigenvalue weighted by Gasteiger charge is 2.39. The fraction of sp³-hybridized carbons (Fsp3) is 0.458. The smallest absolute Gasteiger partial charge is 0.261 e. The average Bonchev–Trinajstić information content (AvgIpc) is 2.74. The van der Waals surface area contributed by atoms with E-state index in [1.165, 1.54) is 0 Å². The Morgan fingerprint density at radius 1 is 1.24 bits per heavy atom. The molecule has 0 fully saturated rings. The molecule has 4 nitrogen and oxygen atoms in total. The summed E-state index contributed by atoms with van der Waals surface area (Å²) in [6, 6.07) is 13.3. The first-order valence-electron chi connectivity index (χ1n) is 10.4. The van der Waals surface area contributed by atoms with Gasteiger partial charge in [0.25, 0.3) is 5.91 Å². The minimum absolute atomic E-state index is 0.100. The fourth-order valence-corrected chi connectivity index (χ4v) is 3.99. The number of para-hydroxylation sites is 1. The zero-order chi connectivity index (χ0) is 21.0. The van der Waals surface area contributed by atoms with Crippen LogP contribution in [0.4, 0.5) is 0 Å². The van der Waals surface area contributed by atoms with E-state index in [0.29, 0.717) is 17.2 Å². The van der Waals surface area contributed by atoms with Crippen molar-refractivity contribution in [1.29, 1.82) is 0 Å². The quantitative estimate of drug-likeness (QED) is 0.602. The van der Waals surface area contributed by atoms with Crippen LogP contribution in [0.25, 0.3) is 0 Å². The van der Waals surface area contributed by atoms with E-state index in [9.17, 15) is 4.79 Å². The summed E-state index contributed by atoms with van der Waals surface area (Å²) in [5, 5.41) is 3.91. The van der Waals surface area contributed by atoms with Gasteiger partial charge in [-0.3, -0.25) is 4.79 Å². The van der Waals surface area contributed by atoms with Crippen LogP contribution in [0.5, 0.6) is 11.5 Å². The molecule has 0 radical (unpaired) electrons. The van der Waals surface area contributed by atoms with Crippen LogP contribution in [-0.2, 0) is 4.79 Å². The van der Waals surface area contributed by atoms with Gasteiger partial charge in [-0.2, -0.15) is 0 Å². The van der Waals surface area contributed by atoms with Crippen molar-refractivity contribution in [3.8, 4) is 11.5 Å². The maximum absolute atomic E-state index is 13.1. The van der Waals surface area contributed by atoms with Gasteiger partial charge < -0.3 is 14.8 Å². The molecule has 2 aromatic carbocycles. The van der Waals surface area contributed by atoms with Crippen LogP contribution in [0, 0.1) is 6.92 Å². The lowest BCUT2D eigenvalue weighted by Crippen LogP contribution is -2.47. The number of carbonyl (C=O) groups is 1. The molecule has 1 amide bonds. The van der Waals surface area contributed by atoms with Crippen LogP contribution in [0.3, 0.4) is 0 Å². The van der Waals surface area contributed by atoms with Gasteiger partial charge >= 0.3 is 0 Å². The van der Waals surface area contributed by atoms with Gasteiger partial charge in [-0.25, -0.2) is 0 Å². The van der Waals surface area contributed by atoms with Gasteiger partial charge in [0, 0.05) is 17.0 Å². The number of rotatable bonds is 7. The third kappa shape index (κ3) is 4.69. The number of hydrogen-bond donors (Lipinski definition) is 1. The molecule has 0 spiro atoms. The minimum atomic E-state index is -0.566. The summed E-state index contributed by atoms with van der Waals surface area (Å²) in [5.74, 6) is 1.40. The molecule has 5 heteroatoms. The minimum Gasteiger partial charge on any atom is -0.487 e. The first-order valence-corrected chi connectivity index (χ1v) is 10.8. The number of carbonyl (C=O) groups excluding carboxylic acids is 1. The maximum atomic E-state index is 13.1. The van der Waals surface area contributed by atoms with E-state index in [1.807, 2.05) is 44.2 Å². The number of ether oxygens (including phenoxy) is 2. The summed E-state index contributed by atoms with van der Waals surface area (Å²) in [7, 11) is 0. The molecule has 29 heavy (non-hydrogen) atoms. The molecule has 1 aliphatic rings. The van der Waals surface area contributed by atoms with Gasteiger partial charge in [0.15, 0.2) is 6.10 Å².